The van der Waals surface area contributed by atoms with Crippen molar-refractivity contribution in [3.8, 4) is 5.75 Å². The van der Waals surface area contributed by atoms with Crippen molar-refractivity contribution in [1.82, 2.24) is 4.90 Å². The summed E-state index contributed by atoms with van der Waals surface area (Å²) in [4.78, 5) is 28.3. The second kappa shape index (κ2) is 10.2. The molecule has 2 N–H and O–H groups in total. The van der Waals surface area contributed by atoms with E-state index in [-0.39, 0.29) is 29.6 Å². The molecule has 2 atom stereocenters. The number of carbonyl (C=O) groups excluding carboxylic acids is 2. The summed E-state index contributed by atoms with van der Waals surface area (Å²) in [6.07, 6.45) is -0.0234. The molecule has 190 valence electrons. The van der Waals surface area contributed by atoms with E-state index in [0.717, 1.165) is 16.3 Å². The molecule has 36 heavy (non-hydrogen) atoms. The quantitative estimate of drug-likeness (QED) is 0.468. The van der Waals surface area contributed by atoms with Gasteiger partial charge < -0.3 is 25.0 Å². The van der Waals surface area contributed by atoms with Crippen LogP contribution in [0.4, 0.5) is 16.2 Å². The van der Waals surface area contributed by atoms with Crippen molar-refractivity contribution in [3.05, 3.63) is 65.7 Å². The molecule has 0 saturated carbocycles. The first-order valence-corrected chi connectivity index (χ1v) is 12.3. The maximum atomic E-state index is 13.4. The number of fused-ring (bicyclic) bond motifs is 1. The van der Waals surface area contributed by atoms with E-state index in [0.29, 0.717) is 35.8 Å². The molecule has 3 aromatic carbocycles. The molecule has 0 radical (unpaired) electrons. The lowest BCUT2D eigenvalue weighted by Gasteiger charge is -2.35. The zero-order valence-corrected chi connectivity index (χ0v) is 21.8. The number of carbonyl (C=O) groups is 2. The van der Waals surface area contributed by atoms with E-state index in [2.05, 4.69) is 31.4 Å². The Morgan fingerprint density at radius 3 is 2.19 bits per heavy atom. The fourth-order valence-corrected chi connectivity index (χ4v) is 4.66. The fourth-order valence-electron chi connectivity index (χ4n) is 4.66. The molecular weight excluding hydrogens is 454 g/mol. The number of methoxy groups -OCH3 is 1. The van der Waals surface area contributed by atoms with Crippen LogP contribution in [0.15, 0.2) is 54.6 Å². The van der Waals surface area contributed by atoms with Crippen LogP contribution in [0.5, 0.6) is 5.75 Å². The monoisotopic (exact) mass is 489 g/mol. The molecule has 1 saturated heterocycles. The third-order valence-electron chi connectivity index (χ3n) is 6.42. The SMILES string of the molecule is COc1ccc(C(C)(C)C)cc1NC(=O)Nc1ccc(C(=O)N2CC(C)OC(C)C2)c2ccccc12. The van der Waals surface area contributed by atoms with Gasteiger partial charge >= 0.3 is 6.03 Å². The van der Waals surface area contributed by atoms with Crippen LogP contribution in [0.1, 0.15) is 50.5 Å². The highest BCUT2D eigenvalue weighted by Crippen LogP contribution is 2.32. The van der Waals surface area contributed by atoms with Crippen LogP contribution in [0, 0.1) is 0 Å². The zero-order chi connectivity index (χ0) is 26.0. The van der Waals surface area contributed by atoms with Gasteiger partial charge in [-0.15, -0.1) is 0 Å². The van der Waals surface area contributed by atoms with Gasteiger partial charge in [-0.25, -0.2) is 4.79 Å². The van der Waals surface area contributed by atoms with E-state index in [1.807, 2.05) is 61.2 Å². The van der Waals surface area contributed by atoms with Gasteiger partial charge in [-0.1, -0.05) is 51.1 Å². The lowest BCUT2D eigenvalue weighted by atomic mass is 9.87. The summed E-state index contributed by atoms with van der Waals surface area (Å²) < 4.78 is 11.2. The van der Waals surface area contributed by atoms with Crippen molar-refractivity contribution >= 4 is 34.1 Å². The van der Waals surface area contributed by atoms with Gasteiger partial charge in [0.1, 0.15) is 5.75 Å². The smallest absolute Gasteiger partial charge is 0.323 e. The third kappa shape index (κ3) is 5.46. The second-order valence-electron chi connectivity index (χ2n) is 10.4. The summed E-state index contributed by atoms with van der Waals surface area (Å²) in [5.74, 6) is 0.547. The Kier molecular flexibility index (Phi) is 7.22. The Morgan fingerprint density at radius 2 is 1.56 bits per heavy atom. The van der Waals surface area contributed by atoms with Gasteiger partial charge in [0.15, 0.2) is 0 Å². The highest BCUT2D eigenvalue weighted by atomic mass is 16.5. The van der Waals surface area contributed by atoms with Crippen LogP contribution in [0.3, 0.4) is 0 Å². The molecule has 1 fully saturated rings. The van der Waals surface area contributed by atoms with Gasteiger partial charge in [0, 0.05) is 24.0 Å². The summed E-state index contributed by atoms with van der Waals surface area (Å²) in [6, 6.07) is 16.6. The van der Waals surface area contributed by atoms with E-state index in [9.17, 15) is 9.59 Å². The minimum Gasteiger partial charge on any atom is -0.495 e. The predicted octanol–water partition coefficient (Wildman–Crippen LogP) is 6.04. The number of benzene rings is 3. The molecule has 2 unspecified atom stereocenters. The lowest BCUT2D eigenvalue weighted by Crippen LogP contribution is -2.48. The Bertz CT molecular complexity index is 1270. The van der Waals surface area contributed by atoms with E-state index in [1.165, 1.54) is 0 Å². The third-order valence-corrected chi connectivity index (χ3v) is 6.42. The van der Waals surface area contributed by atoms with Gasteiger partial charge in [-0.3, -0.25) is 4.79 Å². The molecule has 0 aliphatic carbocycles. The summed E-state index contributed by atoms with van der Waals surface area (Å²) in [5, 5.41) is 7.46. The number of hydrogen-bond donors (Lipinski definition) is 2. The Labute approximate surface area is 212 Å². The van der Waals surface area contributed by atoms with Crippen molar-refractivity contribution in [2.24, 2.45) is 0 Å². The first-order valence-electron chi connectivity index (χ1n) is 12.3. The molecule has 7 nitrogen and oxygen atoms in total. The molecule has 3 amide bonds. The zero-order valence-electron chi connectivity index (χ0n) is 21.8. The molecule has 1 aliphatic rings. The van der Waals surface area contributed by atoms with E-state index >= 15 is 0 Å². The van der Waals surface area contributed by atoms with Gasteiger partial charge in [0.25, 0.3) is 5.91 Å². The highest BCUT2D eigenvalue weighted by Gasteiger charge is 2.28. The molecule has 0 spiro atoms. The number of hydrogen-bond acceptors (Lipinski definition) is 4. The predicted molar refractivity (Wildman–Crippen MR) is 144 cm³/mol. The van der Waals surface area contributed by atoms with Crippen LogP contribution in [0.2, 0.25) is 0 Å². The second-order valence-corrected chi connectivity index (χ2v) is 10.4. The van der Waals surface area contributed by atoms with Gasteiger partial charge in [0.05, 0.1) is 30.7 Å². The Hall–Kier alpha value is -3.58. The van der Waals surface area contributed by atoms with Crippen molar-refractivity contribution < 1.29 is 19.1 Å². The first-order chi connectivity index (χ1) is 17.1. The number of anilines is 2. The summed E-state index contributed by atoms with van der Waals surface area (Å²) in [6.45, 7) is 11.4. The highest BCUT2D eigenvalue weighted by molar-refractivity contribution is 6.13. The average molecular weight is 490 g/mol. The number of morpholine rings is 1. The molecule has 1 aliphatic heterocycles. The van der Waals surface area contributed by atoms with Crippen LogP contribution in [-0.2, 0) is 10.2 Å². The van der Waals surface area contributed by atoms with Crippen molar-refractivity contribution in [1.29, 1.82) is 0 Å². The van der Waals surface area contributed by atoms with Crippen molar-refractivity contribution in [2.75, 3.05) is 30.8 Å². The number of amides is 3. The van der Waals surface area contributed by atoms with Gasteiger partial charge in [-0.2, -0.15) is 0 Å². The number of urea groups is 1. The number of nitrogens with one attached hydrogen (secondary N) is 2. The maximum Gasteiger partial charge on any atom is 0.323 e. The van der Waals surface area contributed by atoms with E-state index in [1.54, 1.807) is 19.2 Å². The normalized spacial score (nSPS) is 18.1. The summed E-state index contributed by atoms with van der Waals surface area (Å²) >= 11 is 0. The number of ether oxygens (including phenoxy) is 2. The van der Waals surface area contributed by atoms with Gasteiger partial charge in [0.2, 0.25) is 0 Å². The largest absolute Gasteiger partial charge is 0.495 e. The van der Waals surface area contributed by atoms with Gasteiger partial charge in [-0.05, 0) is 54.5 Å². The molecule has 3 aromatic rings. The fraction of sp³-hybridized carbons (Fsp3) is 0.379. The molecule has 0 aromatic heterocycles. The van der Waals surface area contributed by atoms with Crippen LogP contribution in [0.25, 0.3) is 10.8 Å². The van der Waals surface area contributed by atoms with Crippen LogP contribution in [-0.4, -0.2) is 49.2 Å². The topological polar surface area (TPSA) is 79.9 Å². The molecule has 4 rings (SSSR count). The minimum absolute atomic E-state index is 0.0117. The van der Waals surface area contributed by atoms with Crippen molar-refractivity contribution in [3.63, 3.8) is 0 Å². The molecule has 1 heterocycles. The summed E-state index contributed by atoms with van der Waals surface area (Å²) in [7, 11) is 1.58. The molecule has 7 heteroatoms. The lowest BCUT2D eigenvalue weighted by molar-refractivity contribution is -0.0585. The number of nitrogens with zero attached hydrogens (tertiary/aromatic N) is 1. The minimum atomic E-state index is -0.389. The van der Waals surface area contributed by atoms with E-state index < -0.39 is 0 Å². The summed E-state index contributed by atoms with van der Waals surface area (Å²) in [5.41, 5.74) is 2.83. The average Bonchev–Trinajstić information content (AvgIpc) is 2.82. The van der Waals surface area contributed by atoms with E-state index in [4.69, 9.17) is 9.47 Å². The van der Waals surface area contributed by atoms with Crippen LogP contribution >= 0.6 is 0 Å². The van der Waals surface area contributed by atoms with Crippen LogP contribution < -0.4 is 15.4 Å². The maximum absolute atomic E-state index is 13.4. The Morgan fingerprint density at radius 1 is 0.917 bits per heavy atom. The standard InChI is InChI=1S/C29H35N3O4/c1-18-16-32(17-19(2)36-18)27(33)23-12-13-24(22-10-8-7-9-21(22)23)30-28(34)31-25-15-20(29(3,4)5)11-14-26(25)35-6/h7-15,18-19H,16-17H2,1-6H3,(H2,30,31,34). The molecular formula is C29H35N3O4. The molecule has 0 bridgehead atoms. The van der Waals surface area contributed by atoms with Crippen molar-refractivity contribution in [2.45, 2.75) is 52.2 Å². The Balaban J connectivity index is 1.60. The number of rotatable bonds is 4. The first kappa shape index (κ1) is 25.5.